The van der Waals surface area contributed by atoms with Gasteiger partial charge in [0.2, 0.25) is 0 Å². The van der Waals surface area contributed by atoms with Crippen LogP contribution in [0.4, 0.5) is 0 Å². The van der Waals surface area contributed by atoms with Crippen molar-refractivity contribution in [2.24, 2.45) is 7.05 Å². The molecule has 4 heterocycles. The van der Waals surface area contributed by atoms with Crippen LogP contribution < -0.4 is 0 Å². The van der Waals surface area contributed by atoms with E-state index in [0.717, 1.165) is 40.5 Å². The van der Waals surface area contributed by atoms with Gasteiger partial charge in [0.1, 0.15) is 5.69 Å². The van der Waals surface area contributed by atoms with Crippen LogP contribution >= 0.6 is 0 Å². The first kappa shape index (κ1) is 16.0. The molecule has 4 aromatic rings. The minimum absolute atomic E-state index is 0.482. The van der Waals surface area contributed by atoms with Gasteiger partial charge >= 0.3 is 0 Å². The normalized spacial score (nSPS) is 21.5. The maximum absolute atomic E-state index is 4.81. The van der Waals surface area contributed by atoms with Gasteiger partial charge in [0.05, 0.1) is 23.6 Å². The standard InChI is InChI=1S/C21H23N7/c1-12-6-13(2)28-21(23-12)9-19(25-28)20-8-18(24-26(20)3)17-7-16(17)14-10-22-27(11-14)15-4-5-15/h6,8-11,15-17H,4-5,7H2,1-3H3. The molecule has 0 saturated heterocycles. The minimum Gasteiger partial charge on any atom is -0.269 e. The van der Waals surface area contributed by atoms with E-state index in [9.17, 15) is 0 Å². The highest BCUT2D eigenvalue weighted by Gasteiger charge is 2.42. The molecular weight excluding hydrogens is 350 g/mol. The summed E-state index contributed by atoms with van der Waals surface area (Å²) in [6, 6.07) is 6.93. The van der Waals surface area contributed by atoms with E-state index in [1.54, 1.807) is 0 Å². The molecule has 0 spiro atoms. The van der Waals surface area contributed by atoms with Gasteiger partial charge in [-0.1, -0.05) is 0 Å². The molecule has 2 aliphatic rings. The molecule has 7 nitrogen and oxygen atoms in total. The van der Waals surface area contributed by atoms with Crippen molar-refractivity contribution in [3.63, 3.8) is 0 Å². The van der Waals surface area contributed by atoms with Crippen LogP contribution in [0.1, 0.15) is 59.8 Å². The second-order valence-electron chi connectivity index (χ2n) is 8.35. The molecule has 0 radical (unpaired) electrons. The Morgan fingerprint density at radius 3 is 2.71 bits per heavy atom. The zero-order valence-electron chi connectivity index (χ0n) is 16.4. The number of aryl methyl sites for hydroxylation is 3. The van der Waals surface area contributed by atoms with Crippen LogP contribution in [0.3, 0.4) is 0 Å². The van der Waals surface area contributed by atoms with E-state index in [4.69, 9.17) is 10.2 Å². The summed E-state index contributed by atoms with van der Waals surface area (Å²) in [7, 11) is 2.00. The molecule has 0 N–H and O–H groups in total. The second kappa shape index (κ2) is 5.53. The Morgan fingerprint density at radius 2 is 1.89 bits per heavy atom. The molecule has 2 saturated carbocycles. The molecule has 2 atom stereocenters. The lowest BCUT2D eigenvalue weighted by atomic mass is 10.1. The van der Waals surface area contributed by atoms with Crippen LogP contribution in [-0.2, 0) is 7.05 Å². The Bertz CT molecular complexity index is 1210. The first-order valence-electron chi connectivity index (χ1n) is 9.99. The van der Waals surface area contributed by atoms with Crippen molar-refractivity contribution in [3.8, 4) is 11.4 Å². The number of rotatable bonds is 4. The Morgan fingerprint density at radius 1 is 1.04 bits per heavy atom. The van der Waals surface area contributed by atoms with E-state index in [2.05, 4.69) is 40.0 Å². The van der Waals surface area contributed by atoms with Gasteiger partial charge in [-0.15, -0.1) is 0 Å². The summed E-state index contributed by atoms with van der Waals surface area (Å²) in [5, 5.41) is 14.1. The Balaban J connectivity index is 1.30. The van der Waals surface area contributed by atoms with Crippen molar-refractivity contribution in [1.29, 1.82) is 0 Å². The zero-order chi connectivity index (χ0) is 19.0. The average Bonchev–Trinajstić information content (AvgIpc) is 3.53. The Hall–Kier alpha value is -2.96. The van der Waals surface area contributed by atoms with E-state index in [1.165, 1.54) is 18.4 Å². The molecule has 0 amide bonds. The van der Waals surface area contributed by atoms with Crippen LogP contribution in [0.2, 0.25) is 0 Å². The Kier molecular flexibility index (Phi) is 3.17. The lowest BCUT2D eigenvalue weighted by Gasteiger charge is -1.99. The zero-order valence-corrected chi connectivity index (χ0v) is 16.4. The quantitative estimate of drug-likeness (QED) is 0.549. The van der Waals surface area contributed by atoms with Crippen molar-refractivity contribution in [1.82, 2.24) is 34.2 Å². The summed E-state index contributed by atoms with van der Waals surface area (Å²) < 4.78 is 5.99. The molecule has 4 aromatic heterocycles. The molecule has 2 unspecified atom stereocenters. The lowest BCUT2D eigenvalue weighted by Crippen LogP contribution is -1.98. The van der Waals surface area contributed by atoms with Gasteiger partial charge in [0.15, 0.2) is 5.65 Å². The summed E-state index contributed by atoms with van der Waals surface area (Å²) in [4.78, 5) is 4.60. The largest absolute Gasteiger partial charge is 0.269 e. The highest BCUT2D eigenvalue weighted by atomic mass is 15.3. The third-order valence-electron chi connectivity index (χ3n) is 6.04. The van der Waals surface area contributed by atoms with E-state index in [1.807, 2.05) is 35.4 Å². The van der Waals surface area contributed by atoms with Gasteiger partial charge in [-0.05, 0) is 56.7 Å². The van der Waals surface area contributed by atoms with E-state index < -0.39 is 0 Å². The highest BCUT2D eigenvalue weighted by molar-refractivity contribution is 5.62. The predicted molar refractivity (Wildman–Crippen MR) is 105 cm³/mol. The topological polar surface area (TPSA) is 65.8 Å². The van der Waals surface area contributed by atoms with Crippen LogP contribution in [-0.4, -0.2) is 34.2 Å². The third-order valence-corrected chi connectivity index (χ3v) is 6.04. The second-order valence-corrected chi connectivity index (χ2v) is 8.35. The van der Waals surface area contributed by atoms with E-state index in [0.29, 0.717) is 17.9 Å². The van der Waals surface area contributed by atoms with Gasteiger partial charge in [0.25, 0.3) is 0 Å². The summed E-state index contributed by atoms with van der Waals surface area (Å²) in [6.07, 6.45) is 7.98. The first-order valence-corrected chi connectivity index (χ1v) is 9.99. The summed E-state index contributed by atoms with van der Waals surface area (Å²) in [5.41, 5.74) is 7.44. The molecule has 0 bridgehead atoms. The fraction of sp³-hybridized carbons (Fsp3) is 0.429. The van der Waals surface area contributed by atoms with E-state index >= 15 is 0 Å². The first-order chi connectivity index (χ1) is 13.6. The van der Waals surface area contributed by atoms with Gasteiger partial charge in [-0.2, -0.15) is 15.3 Å². The molecule has 2 fully saturated rings. The van der Waals surface area contributed by atoms with Crippen molar-refractivity contribution < 1.29 is 0 Å². The van der Waals surface area contributed by atoms with Crippen LogP contribution in [0.15, 0.2) is 30.6 Å². The molecular formula is C21H23N7. The van der Waals surface area contributed by atoms with Gasteiger partial charge in [-0.25, -0.2) is 9.50 Å². The van der Waals surface area contributed by atoms with Crippen LogP contribution in [0.5, 0.6) is 0 Å². The van der Waals surface area contributed by atoms with Crippen LogP contribution in [0.25, 0.3) is 17.0 Å². The maximum atomic E-state index is 4.81. The molecule has 6 rings (SSSR count). The fourth-order valence-electron chi connectivity index (χ4n) is 4.30. The molecule has 2 aliphatic carbocycles. The van der Waals surface area contributed by atoms with Crippen molar-refractivity contribution in [2.75, 3.05) is 0 Å². The Labute approximate surface area is 163 Å². The summed E-state index contributed by atoms with van der Waals surface area (Å²) in [5.74, 6) is 1.03. The minimum atomic E-state index is 0.482. The number of aromatic nitrogens is 7. The van der Waals surface area contributed by atoms with E-state index in [-0.39, 0.29) is 0 Å². The summed E-state index contributed by atoms with van der Waals surface area (Å²) >= 11 is 0. The fourth-order valence-corrected chi connectivity index (χ4v) is 4.30. The smallest absolute Gasteiger partial charge is 0.156 e. The number of fused-ring (bicyclic) bond motifs is 1. The van der Waals surface area contributed by atoms with Gasteiger partial charge in [0, 0.05) is 36.6 Å². The van der Waals surface area contributed by atoms with Crippen molar-refractivity contribution >= 4 is 5.65 Å². The van der Waals surface area contributed by atoms with Gasteiger partial charge in [-0.3, -0.25) is 9.36 Å². The highest BCUT2D eigenvalue weighted by Crippen LogP contribution is 2.54. The molecule has 0 aromatic carbocycles. The predicted octanol–water partition coefficient (Wildman–Crippen LogP) is 3.55. The van der Waals surface area contributed by atoms with Crippen LogP contribution in [0, 0.1) is 13.8 Å². The maximum Gasteiger partial charge on any atom is 0.156 e. The molecule has 142 valence electrons. The molecule has 28 heavy (non-hydrogen) atoms. The lowest BCUT2D eigenvalue weighted by molar-refractivity contribution is 0.641. The molecule has 7 heteroatoms. The number of nitrogens with zero attached hydrogens (tertiary/aromatic N) is 7. The number of hydrogen-bond acceptors (Lipinski definition) is 4. The number of hydrogen-bond donors (Lipinski definition) is 0. The monoisotopic (exact) mass is 373 g/mol. The van der Waals surface area contributed by atoms with Gasteiger partial charge < -0.3 is 0 Å². The average molecular weight is 373 g/mol. The van der Waals surface area contributed by atoms with Crippen molar-refractivity contribution in [3.05, 3.63) is 53.2 Å². The third kappa shape index (κ3) is 2.49. The molecule has 0 aliphatic heterocycles. The SMILES string of the molecule is Cc1cc(C)n2nc(-c3cc(C4CC4c4cnn(C5CC5)c4)nn3C)cc2n1. The summed E-state index contributed by atoms with van der Waals surface area (Å²) in [6.45, 7) is 4.07. The van der Waals surface area contributed by atoms with Crippen molar-refractivity contribution in [2.45, 2.75) is 51.0 Å².